The van der Waals surface area contributed by atoms with Gasteiger partial charge in [0.15, 0.2) is 0 Å². The molecule has 1 aliphatic rings. The van der Waals surface area contributed by atoms with Crippen LogP contribution >= 0.6 is 37.2 Å². The Morgan fingerprint density at radius 3 is 1.88 bits per heavy atom. The van der Waals surface area contributed by atoms with Crippen LogP contribution in [0.4, 0.5) is 5.69 Å². The Morgan fingerprint density at radius 2 is 1.27 bits per heavy atom. The van der Waals surface area contributed by atoms with Crippen LogP contribution in [0.3, 0.4) is 0 Å². The van der Waals surface area contributed by atoms with Gasteiger partial charge in [0, 0.05) is 67.6 Å². The Kier molecular flexibility index (Phi) is 14.3. The molecule has 0 unspecified atom stereocenters. The van der Waals surface area contributed by atoms with E-state index in [1.807, 2.05) is 18.6 Å². The molecule has 5 aromatic rings. The van der Waals surface area contributed by atoms with Crippen molar-refractivity contribution in [2.24, 2.45) is 0 Å². The highest BCUT2D eigenvalue weighted by atomic mass is 35.5. The fourth-order valence-electron chi connectivity index (χ4n) is 6.93. The van der Waals surface area contributed by atoms with Crippen LogP contribution < -0.4 is 4.90 Å². The van der Waals surface area contributed by atoms with Crippen molar-refractivity contribution in [2.45, 2.75) is 80.4 Å². The number of aryl methyl sites for hydroxylation is 5. The smallest absolute Gasteiger partial charge is 0.0705 e. The highest BCUT2D eigenvalue weighted by Gasteiger charge is 2.26. The monoisotopic (exact) mass is 716 g/mol. The molecule has 0 N–H and O–H groups in total. The van der Waals surface area contributed by atoms with E-state index in [4.69, 9.17) is 9.97 Å². The van der Waals surface area contributed by atoms with Crippen LogP contribution in [0.15, 0.2) is 85.3 Å². The summed E-state index contributed by atoms with van der Waals surface area (Å²) in [6, 6.07) is 25.4. The lowest BCUT2D eigenvalue weighted by Gasteiger charge is -2.40. The number of benzene rings is 3. The first-order valence-corrected chi connectivity index (χ1v) is 16.8. The number of rotatable bonds is 8. The second-order valence-corrected chi connectivity index (χ2v) is 13.6. The van der Waals surface area contributed by atoms with E-state index < -0.39 is 0 Å². The second-order valence-electron chi connectivity index (χ2n) is 13.6. The summed E-state index contributed by atoms with van der Waals surface area (Å²) in [4.78, 5) is 14.7. The van der Waals surface area contributed by atoms with Crippen LogP contribution in [0, 0.1) is 48.5 Å². The molecular formula is C42H51Cl3N4. The summed E-state index contributed by atoms with van der Waals surface area (Å²) in [7, 11) is 0. The minimum atomic E-state index is 0. The van der Waals surface area contributed by atoms with Gasteiger partial charge in [0.2, 0.25) is 0 Å². The number of aromatic nitrogens is 2. The molecule has 0 bridgehead atoms. The quantitative estimate of drug-likeness (QED) is 0.160. The highest BCUT2D eigenvalue weighted by Crippen LogP contribution is 2.30. The Bertz CT molecular complexity index is 1820. The largest absolute Gasteiger partial charge is 0.364 e. The van der Waals surface area contributed by atoms with Gasteiger partial charge in [-0.1, -0.05) is 24.3 Å². The molecule has 260 valence electrons. The minimum Gasteiger partial charge on any atom is -0.364 e. The van der Waals surface area contributed by atoms with Crippen LogP contribution in [0.2, 0.25) is 0 Å². The zero-order valence-corrected chi connectivity index (χ0v) is 32.4. The van der Waals surface area contributed by atoms with Gasteiger partial charge in [0.05, 0.1) is 5.69 Å². The maximum Gasteiger partial charge on any atom is 0.0705 e. The first-order valence-electron chi connectivity index (χ1n) is 16.8. The van der Waals surface area contributed by atoms with Crippen LogP contribution in [0.1, 0.15) is 62.9 Å². The van der Waals surface area contributed by atoms with E-state index in [0.29, 0.717) is 6.04 Å². The summed E-state index contributed by atoms with van der Waals surface area (Å²) in [5.41, 5.74) is 17.9. The summed E-state index contributed by atoms with van der Waals surface area (Å²) >= 11 is 0. The predicted molar refractivity (Wildman–Crippen MR) is 215 cm³/mol. The first-order chi connectivity index (χ1) is 22.1. The van der Waals surface area contributed by atoms with Gasteiger partial charge in [-0.3, -0.25) is 14.9 Å². The molecule has 3 heterocycles. The molecule has 3 aromatic carbocycles. The van der Waals surface area contributed by atoms with Crippen molar-refractivity contribution in [3.05, 3.63) is 135 Å². The molecule has 0 spiro atoms. The molecular weight excluding hydrogens is 667 g/mol. The summed E-state index contributed by atoms with van der Waals surface area (Å²) in [6.45, 7) is 19.3. The van der Waals surface area contributed by atoms with Crippen molar-refractivity contribution < 1.29 is 0 Å². The zero-order chi connectivity index (χ0) is 32.4. The molecule has 4 nitrogen and oxygen atoms in total. The van der Waals surface area contributed by atoms with Crippen molar-refractivity contribution in [1.82, 2.24) is 14.9 Å². The molecule has 7 heteroatoms. The third-order valence-corrected chi connectivity index (χ3v) is 10.2. The molecule has 0 atom stereocenters. The molecule has 0 saturated carbocycles. The summed E-state index contributed by atoms with van der Waals surface area (Å²) in [5, 5.41) is 0. The number of halogens is 3. The topological polar surface area (TPSA) is 32.3 Å². The van der Waals surface area contributed by atoms with E-state index in [-0.39, 0.29) is 37.2 Å². The maximum absolute atomic E-state index is 4.74. The van der Waals surface area contributed by atoms with E-state index in [1.54, 1.807) is 0 Å². The lowest BCUT2D eigenvalue weighted by molar-refractivity contribution is 0.201. The standard InChI is InChI=1S/C42H48N4.3ClH/c1-28-9-8-10-41(17-28)46(27-36-22-39(25-43-24-36)37-18-29(2)33(6)30(3)19-37)40-12-15-45(16-13-40)26-35-11-14-44-42(23-35)38-20-31(4)34(7)32(5)21-38;;;/h8-11,14,17-25,40H,12-13,15-16,26-27H2,1-7H3;3*1H. The van der Waals surface area contributed by atoms with E-state index >= 15 is 0 Å². The fourth-order valence-corrected chi connectivity index (χ4v) is 6.93. The molecule has 1 fully saturated rings. The summed E-state index contributed by atoms with van der Waals surface area (Å²) in [6.07, 6.45) is 8.29. The van der Waals surface area contributed by atoms with Gasteiger partial charge >= 0.3 is 0 Å². The summed E-state index contributed by atoms with van der Waals surface area (Å²) < 4.78 is 0. The number of hydrogen-bond donors (Lipinski definition) is 0. The number of anilines is 1. The Balaban J connectivity index is 0.00000217. The molecule has 6 rings (SSSR count). The van der Waals surface area contributed by atoms with Crippen molar-refractivity contribution in [2.75, 3.05) is 18.0 Å². The van der Waals surface area contributed by atoms with Crippen LogP contribution in [-0.2, 0) is 13.1 Å². The third kappa shape index (κ3) is 9.43. The Hall–Kier alpha value is -3.41. The van der Waals surface area contributed by atoms with Gasteiger partial charge in [-0.15, -0.1) is 37.2 Å². The molecule has 49 heavy (non-hydrogen) atoms. The van der Waals surface area contributed by atoms with Gasteiger partial charge in [-0.25, -0.2) is 0 Å². The Morgan fingerprint density at radius 1 is 0.653 bits per heavy atom. The highest BCUT2D eigenvalue weighted by molar-refractivity contribution is 5.86. The number of hydrogen-bond acceptors (Lipinski definition) is 4. The average Bonchev–Trinajstić information content (AvgIpc) is 3.05. The zero-order valence-electron chi connectivity index (χ0n) is 29.9. The van der Waals surface area contributed by atoms with Gasteiger partial charge in [-0.05, 0) is 159 Å². The lowest BCUT2D eigenvalue weighted by atomic mass is 9.96. The van der Waals surface area contributed by atoms with Crippen LogP contribution in [0.5, 0.6) is 0 Å². The van der Waals surface area contributed by atoms with Crippen LogP contribution in [0.25, 0.3) is 22.4 Å². The molecule has 0 radical (unpaired) electrons. The third-order valence-electron chi connectivity index (χ3n) is 10.2. The van der Waals surface area contributed by atoms with E-state index in [1.165, 1.54) is 72.4 Å². The molecule has 0 amide bonds. The van der Waals surface area contributed by atoms with Crippen molar-refractivity contribution >= 4 is 42.9 Å². The molecule has 2 aromatic heterocycles. The van der Waals surface area contributed by atoms with Gasteiger partial charge in [0.1, 0.15) is 0 Å². The molecule has 0 aliphatic carbocycles. The average molecular weight is 718 g/mol. The first kappa shape index (κ1) is 40.0. The number of pyridine rings is 2. The minimum absolute atomic E-state index is 0. The SMILES string of the molecule is Cc1cccc(N(Cc2cncc(-c3cc(C)c(C)c(C)c3)c2)C2CCN(Cc3ccnc(-c4cc(C)c(C)c(C)c4)c3)CC2)c1.Cl.Cl.Cl. The lowest BCUT2D eigenvalue weighted by Crippen LogP contribution is -2.44. The summed E-state index contributed by atoms with van der Waals surface area (Å²) in [5.74, 6) is 0. The molecule has 1 saturated heterocycles. The second kappa shape index (κ2) is 17.5. The van der Waals surface area contributed by atoms with E-state index in [0.717, 1.165) is 44.7 Å². The number of piperidine rings is 1. The number of likely N-dealkylation sites (tertiary alicyclic amines) is 1. The van der Waals surface area contributed by atoms with Gasteiger partial charge in [0.25, 0.3) is 0 Å². The van der Waals surface area contributed by atoms with Crippen molar-refractivity contribution in [3.8, 4) is 22.4 Å². The normalized spacial score (nSPS) is 13.2. The van der Waals surface area contributed by atoms with Crippen LogP contribution in [-0.4, -0.2) is 34.0 Å². The van der Waals surface area contributed by atoms with Gasteiger partial charge < -0.3 is 4.90 Å². The number of nitrogens with zero attached hydrogens (tertiary/aromatic N) is 4. The fraction of sp³-hybridized carbons (Fsp3) is 0.333. The predicted octanol–water partition coefficient (Wildman–Crippen LogP) is 10.9. The Labute approximate surface area is 312 Å². The molecule has 1 aliphatic heterocycles. The van der Waals surface area contributed by atoms with Crippen molar-refractivity contribution in [3.63, 3.8) is 0 Å². The van der Waals surface area contributed by atoms with Gasteiger partial charge in [-0.2, -0.15) is 0 Å². The van der Waals surface area contributed by atoms with E-state index in [9.17, 15) is 0 Å². The van der Waals surface area contributed by atoms with Crippen molar-refractivity contribution in [1.29, 1.82) is 0 Å². The maximum atomic E-state index is 4.74. The van der Waals surface area contributed by atoms with E-state index in [2.05, 4.69) is 125 Å².